The first kappa shape index (κ1) is 13.3. The van der Waals surface area contributed by atoms with E-state index in [1.807, 2.05) is 30.3 Å². The largest absolute Gasteiger partial charge is 0.273 e. The van der Waals surface area contributed by atoms with E-state index in [4.69, 9.17) is 5.10 Å². The molecule has 1 unspecified atom stereocenters. The van der Waals surface area contributed by atoms with E-state index >= 15 is 0 Å². The minimum absolute atomic E-state index is 0.0936. The molecule has 22 heavy (non-hydrogen) atoms. The van der Waals surface area contributed by atoms with Crippen molar-refractivity contribution in [2.45, 2.75) is 26.2 Å². The van der Waals surface area contributed by atoms with Gasteiger partial charge in [0.15, 0.2) is 0 Å². The van der Waals surface area contributed by atoms with Gasteiger partial charge in [-0.1, -0.05) is 35.9 Å². The lowest BCUT2D eigenvalue weighted by Gasteiger charge is -2.33. The fourth-order valence-corrected chi connectivity index (χ4v) is 3.40. The van der Waals surface area contributed by atoms with Gasteiger partial charge in [0.25, 0.3) is 0 Å². The maximum absolute atomic E-state index is 12.4. The molecule has 0 spiro atoms. The number of carbonyl (C=O) groups excluding carboxylic acids is 1. The van der Waals surface area contributed by atoms with Crippen molar-refractivity contribution in [3.63, 3.8) is 0 Å². The second-order valence-corrected chi connectivity index (χ2v) is 6.13. The van der Waals surface area contributed by atoms with E-state index in [2.05, 4.69) is 25.1 Å². The van der Waals surface area contributed by atoms with Crippen LogP contribution >= 0.6 is 0 Å². The van der Waals surface area contributed by atoms with Crippen molar-refractivity contribution in [2.75, 3.05) is 5.01 Å². The van der Waals surface area contributed by atoms with E-state index in [0.717, 1.165) is 24.2 Å². The van der Waals surface area contributed by atoms with Crippen LogP contribution in [0.5, 0.6) is 0 Å². The normalized spacial score (nSPS) is 20.2. The van der Waals surface area contributed by atoms with Crippen molar-refractivity contribution < 1.29 is 4.79 Å². The fourth-order valence-electron chi connectivity index (χ4n) is 3.40. The first-order chi connectivity index (χ1) is 10.7. The van der Waals surface area contributed by atoms with Gasteiger partial charge in [0.1, 0.15) is 0 Å². The van der Waals surface area contributed by atoms with Crippen molar-refractivity contribution in [1.82, 2.24) is 0 Å². The zero-order valence-corrected chi connectivity index (χ0v) is 12.6. The molecule has 1 atom stereocenters. The summed E-state index contributed by atoms with van der Waals surface area (Å²) in [5.74, 6) is 0.359. The van der Waals surface area contributed by atoms with Gasteiger partial charge in [-0.25, -0.2) is 5.01 Å². The molecule has 4 rings (SSSR count). The highest BCUT2D eigenvalue weighted by Gasteiger charge is 2.34. The van der Waals surface area contributed by atoms with Crippen LogP contribution in [0.15, 0.2) is 53.6 Å². The minimum Gasteiger partial charge on any atom is -0.273 e. The van der Waals surface area contributed by atoms with Gasteiger partial charge < -0.3 is 0 Å². The topological polar surface area (TPSA) is 32.7 Å². The molecule has 3 heteroatoms. The highest BCUT2D eigenvalue weighted by molar-refractivity contribution is 6.11. The zero-order valence-electron chi connectivity index (χ0n) is 12.6. The predicted octanol–water partition coefficient (Wildman–Crippen LogP) is 3.70. The van der Waals surface area contributed by atoms with Crippen LogP contribution in [-0.4, -0.2) is 11.6 Å². The lowest BCUT2D eigenvalue weighted by Crippen LogP contribution is -2.39. The number of amides is 1. The summed E-state index contributed by atoms with van der Waals surface area (Å²) in [5.41, 5.74) is 5.74. The third-order valence-corrected chi connectivity index (χ3v) is 4.56. The summed E-state index contributed by atoms with van der Waals surface area (Å²) in [6, 6.07) is 16.3. The highest BCUT2D eigenvalue weighted by Crippen LogP contribution is 2.33. The number of aryl methyl sites for hydroxylation is 2. The Labute approximate surface area is 130 Å². The number of hydrogen-bond donors (Lipinski definition) is 0. The minimum atomic E-state index is 0.0936. The van der Waals surface area contributed by atoms with Crippen molar-refractivity contribution in [3.8, 4) is 0 Å². The van der Waals surface area contributed by atoms with E-state index in [1.54, 1.807) is 5.01 Å². The van der Waals surface area contributed by atoms with Gasteiger partial charge in [0.2, 0.25) is 5.91 Å². The third-order valence-electron chi connectivity index (χ3n) is 4.56. The summed E-state index contributed by atoms with van der Waals surface area (Å²) in [6.07, 6.45) is 2.61. The maximum atomic E-state index is 12.4. The Morgan fingerprint density at radius 1 is 1.14 bits per heavy atom. The number of carbonyl (C=O) groups is 1. The van der Waals surface area contributed by atoms with E-state index in [1.165, 1.54) is 16.7 Å². The summed E-state index contributed by atoms with van der Waals surface area (Å²) < 4.78 is 0. The SMILES string of the molecule is Cc1ccc2c(c1)C1=NN(c3ccccc3)C(=O)CC1CC2. The quantitative estimate of drug-likeness (QED) is 0.788. The van der Waals surface area contributed by atoms with Crippen molar-refractivity contribution in [2.24, 2.45) is 11.0 Å². The molecule has 2 aromatic rings. The number of anilines is 1. The Morgan fingerprint density at radius 2 is 1.95 bits per heavy atom. The first-order valence-corrected chi connectivity index (χ1v) is 7.79. The summed E-state index contributed by atoms with van der Waals surface area (Å²) in [5, 5.41) is 6.31. The Balaban J connectivity index is 1.83. The van der Waals surface area contributed by atoms with Crippen LogP contribution in [0.25, 0.3) is 0 Å². The molecular formula is C19H18N2O. The smallest absolute Gasteiger partial charge is 0.248 e. The van der Waals surface area contributed by atoms with Gasteiger partial charge in [0, 0.05) is 17.9 Å². The first-order valence-electron chi connectivity index (χ1n) is 7.79. The molecule has 2 aliphatic rings. The molecule has 3 nitrogen and oxygen atoms in total. The standard InChI is InChI=1S/C19H18N2O/c1-13-7-8-14-9-10-15-12-18(22)21(16-5-3-2-4-6-16)20-19(15)17(14)11-13/h2-8,11,15H,9-10,12H2,1H3. The summed E-state index contributed by atoms with van der Waals surface area (Å²) in [6.45, 7) is 2.10. The molecule has 1 amide bonds. The molecule has 0 saturated carbocycles. The molecule has 0 fully saturated rings. The number of hydrogen-bond acceptors (Lipinski definition) is 2. The van der Waals surface area contributed by atoms with E-state index in [9.17, 15) is 4.79 Å². The molecular weight excluding hydrogens is 272 g/mol. The number of rotatable bonds is 1. The fraction of sp³-hybridized carbons (Fsp3) is 0.263. The summed E-state index contributed by atoms with van der Waals surface area (Å²) in [7, 11) is 0. The van der Waals surface area contributed by atoms with Crippen molar-refractivity contribution in [3.05, 3.63) is 65.2 Å². The second kappa shape index (κ2) is 5.09. The molecule has 0 saturated heterocycles. The van der Waals surface area contributed by atoms with Crippen LogP contribution < -0.4 is 5.01 Å². The molecule has 1 aliphatic carbocycles. The molecule has 1 aliphatic heterocycles. The second-order valence-electron chi connectivity index (χ2n) is 6.13. The van der Waals surface area contributed by atoms with E-state index in [-0.39, 0.29) is 11.8 Å². The lowest BCUT2D eigenvalue weighted by atomic mass is 9.79. The van der Waals surface area contributed by atoms with Crippen LogP contribution in [-0.2, 0) is 11.2 Å². The average molecular weight is 290 g/mol. The van der Waals surface area contributed by atoms with Crippen LogP contribution in [0.4, 0.5) is 5.69 Å². The molecule has 2 aromatic carbocycles. The maximum Gasteiger partial charge on any atom is 0.248 e. The number of benzene rings is 2. The predicted molar refractivity (Wildman–Crippen MR) is 88.1 cm³/mol. The summed E-state index contributed by atoms with van der Waals surface area (Å²) >= 11 is 0. The van der Waals surface area contributed by atoms with E-state index in [0.29, 0.717) is 6.42 Å². The monoisotopic (exact) mass is 290 g/mol. The number of nitrogens with zero attached hydrogens (tertiary/aromatic N) is 2. The molecule has 0 bridgehead atoms. The number of hydrazone groups is 1. The molecule has 110 valence electrons. The summed E-state index contributed by atoms with van der Waals surface area (Å²) in [4.78, 5) is 12.4. The van der Waals surface area contributed by atoms with Gasteiger partial charge in [-0.15, -0.1) is 0 Å². The van der Waals surface area contributed by atoms with Crippen molar-refractivity contribution in [1.29, 1.82) is 0 Å². The lowest BCUT2D eigenvalue weighted by molar-refractivity contribution is -0.119. The van der Waals surface area contributed by atoms with Crippen LogP contribution in [0.1, 0.15) is 29.5 Å². The molecule has 0 N–H and O–H groups in total. The average Bonchev–Trinajstić information content (AvgIpc) is 2.55. The van der Waals surface area contributed by atoms with Crippen LogP contribution in [0.2, 0.25) is 0 Å². The Bertz CT molecular complexity index is 764. The van der Waals surface area contributed by atoms with Gasteiger partial charge in [-0.3, -0.25) is 4.79 Å². The van der Waals surface area contributed by atoms with Gasteiger partial charge >= 0.3 is 0 Å². The molecule has 0 aromatic heterocycles. The number of para-hydroxylation sites is 1. The third kappa shape index (κ3) is 2.13. The zero-order chi connectivity index (χ0) is 15.1. The van der Waals surface area contributed by atoms with Crippen molar-refractivity contribution >= 4 is 17.3 Å². The molecule has 0 radical (unpaired) electrons. The van der Waals surface area contributed by atoms with E-state index < -0.39 is 0 Å². The van der Waals surface area contributed by atoms with Crippen LogP contribution in [0, 0.1) is 12.8 Å². The Kier molecular flexibility index (Phi) is 3.07. The Hall–Kier alpha value is -2.42. The van der Waals surface area contributed by atoms with Gasteiger partial charge in [0.05, 0.1) is 11.4 Å². The van der Waals surface area contributed by atoms with Crippen LogP contribution in [0.3, 0.4) is 0 Å². The highest BCUT2D eigenvalue weighted by atomic mass is 16.2. The number of fused-ring (bicyclic) bond motifs is 3. The Morgan fingerprint density at radius 3 is 2.77 bits per heavy atom. The van der Waals surface area contributed by atoms with Gasteiger partial charge in [-0.2, -0.15) is 5.10 Å². The molecule has 1 heterocycles. The van der Waals surface area contributed by atoms with Gasteiger partial charge in [-0.05, 0) is 43.5 Å².